The van der Waals surface area contributed by atoms with Crippen LogP contribution in [-0.2, 0) is 30.6 Å². The van der Waals surface area contributed by atoms with Gasteiger partial charge in [0.1, 0.15) is 11.6 Å². The van der Waals surface area contributed by atoms with Crippen LogP contribution in [0.25, 0.3) is 11.0 Å². The van der Waals surface area contributed by atoms with Gasteiger partial charge in [-0.3, -0.25) is 9.59 Å². The molecule has 212 valence electrons. The lowest BCUT2D eigenvalue weighted by Crippen LogP contribution is -2.43. The summed E-state index contributed by atoms with van der Waals surface area (Å²) in [6.07, 6.45) is 5.38. The van der Waals surface area contributed by atoms with Crippen molar-refractivity contribution in [2.75, 3.05) is 6.54 Å². The maximum Gasteiger partial charge on any atom is 0.326 e. The van der Waals surface area contributed by atoms with Gasteiger partial charge >= 0.3 is 5.97 Å². The van der Waals surface area contributed by atoms with Crippen molar-refractivity contribution in [3.8, 4) is 0 Å². The summed E-state index contributed by atoms with van der Waals surface area (Å²) >= 11 is 8.73. The number of benzene rings is 3. The number of nitrogens with one attached hydrogen (secondary N) is 1. The number of carbonyl (C=O) groups is 3. The van der Waals surface area contributed by atoms with Crippen LogP contribution in [0.15, 0.2) is 65.3 Å². The second kappa shape index (κ2) is 12.7. The molecule has 9 heteroatoms. The third kappa shape index (κ3) is 6.43. The standard InChI is InChI=1S/C32H30ClIN2O5/c1-2-3-5-19-6-4-7-20(14-19)15-26(32(39)40)35-30(37)28-25(33)16-23-18-36(12-10-24(23)29(28)34)31(38)22-9-8-21-11-13-41-27(21)17-22/h4,6-9,11,13-14,16-17,26H,2-3,5,10,12,15,18H2,1H3,(H,35,37)(H,39,40). The van der Waals surface area contributed by atoms with Gasteiger partial charge in [0.25, 0.3) is 11.8 Å². The topological polar surface area (TPSA) is 99.9 Å². The lowest BCUT2D eigenvalue weighted by Gasteiger charge is -2.30. The SMILES string of the molecule is CCCCc1cccc(CC(NC(=O)c2c(Cl)cc3c(c2I)CCN(C(=O)c2ccc4ccoc4c2)C3)C(=O)O)c1. The molecule has 5 rings (SSSR count). The number of nitrogens with zero attached hydrogens (tertiary/aromatic N) is 1. The van der Waals surface area contributed by atoms with Crippen molar-refractivity contribution in [3.63, 3.8) is 0 Å². The molecule has 4 aromatic rings. The number of amides is 2. The zero-order chi connectivity index (χ0) is 29.1. The highest BCUT2D eigenvalue weighted by atomic mass is 127. The van der Waals surface area contributed by atoms with E-state index in [0.29, 0.717) is 34.2 Å². The van der Waals surface area contributed by atoms with E-state index in [1.54, 1.807) is 29.4 Å². The number of hydrogen-bond donors (Lipinski definition) is 2. The van der Waals surface area contributed by atoms with E-state index in [4.69, 9.17) is 16.0 Å². The van der Waals surface area contributed by atoms with Crippen molar-refractivity contribution in [1.82, 2.24) is 10.2 Å². The van der Waals surface area contributed by atoms with Crippen molar-refractivity contribution in [1.29, 1.82) is 0 Å². The van der Waals surface area contributed by atoms with Gasteiger partial charge in [0.15, 0.2) is 0 Å². The molecule has 0 saturated carbocycles. The van der Waals surface area contributed by atoms with Gasteiger partial charge in [-0.2, -0.15) is 0 Å². The number of furan rings is 1. The minimum atomic E-state index is -1.11. The first kappa shape index (κ1) is 29.1. The fourth-order valence-corrected chi connectivity index (χ4v) is 6.89. The van der Waals surface area contributed by atoms with Crippen molar-refractivity contribution >= 4 is 62.9 Å². The average molecular weight is 685 g/mol. The molecule has 0 radical (unpaired) electrons. The molecule has 2 heterocycles. The molecular weight excluding hydrogens is 655 g/mol. The Morgan fingerprint density at radius 1 is 1.12 bits per heavy atom. The van der Waals surface area contributed by atoms with E-state index in [-0.39, 0.29) is 22.9 Å². The first-order valence-corrected chi connectivity index (χ1v) is 15.1. The monoisotopic (exact) mass is 684 g/mol. The van der Waals surface area contributed by atoms with Crippen LogP contribution in [0.5, 0.6) is 0 Å². The van der Waals surface area contributed by atoms with E-state index >= 15 is 0 Å². The van der Waals surface area contributed by atoms with Gasteiger partial charge in [-0.25, -0.2) is 4.79 Å². The molecule has 1 unspecified atom stereocenters. The van der Waals surface area contributed by atoms with Gasteiger partial charge in [0, 0.05) is 34.0 Å². The minimum absolute atomic E-state index is 0.107. The van der Waals surface area contributed by atoms with E-state index in [9.17, 15) is 19.5 Å². The number of aryl methyl sites for hydroxylation is 1. The molecule has 41 heavy (non-hydrogen) atoms. The zero-order valence-electron chi connectivity index (χ0n) is 22.6. The summed E-state index contributed by atoms with van der Waals surface area (Å²) < 4.78 is 6.13. The molecule has 0 spiro atoms. The lowest BCUT2D eigenvalue weighted by atomic mass is 9.96. The highest BCUT2D eigenvalue weighted by molar-refractivity contribution is 14.1. The summed E-state index contributed by atoms with van der Waals surface area (Å²) in [5.74, 6) is -1.74. The molecule has 3 aromatic carbocycles. The Hall–Kier alpha value is -3.37. The van der Waals surface area contributed by atoms with E-state index in [2.05, 4.69) is 34.8 Å². The first-order chi connectivity index (χ1) is 19.7. The molecule has 7 nitrogen and oxygen atoms in total. The van der Waals surface area contributed by atoms with Crippen molar-refractivity contribution < 1.29 is 23.9 Å². The van der Waals surface area contributed by atoms with Gasteiger partial charge in [0.05, 0.1) is 16.8 Å². The number of aliphatic carboxylic acids is 1. The van der Waals surface area contributed by atoms with Gasteiger partial charge in [-0.05, 0) is 88.4 Å². The third-order valence-electron chi connectivity index (χ3n) is 7.48. The first-order valence-electron chi connectivity index (χ1n) is 13.6. The maximum atomic E-state index is 13.4. The Morgan fingerprint density at radius 2 is 1.93 bits per heavy atom. The molecule has 1 aliphatic rings. The second-order valence-electron chi connectivity index (χ2n) is 10.3. The van der Waals surface area contributed by atoms with Crippen LogP contribution in [0.4, 0.5) is 0 Å². The van der Waals surface area contributed by atoms with Crippen LogP contribution < -0.4 is 5.32 Å². The number of carbonyl (C=O) groups excluding carboxylic acids is 2. The van der Waals surface area contributed by atoms with Crippen molar-refractivity contribution in [2.45, 2.75) is 51.6 Å². The average Bonchev–Trinajstić information content (AvgIpc) is 3.43. The third-order valence-corrected chi connectivity index (χ3v) is 8.96. The van der Waals surface area contributed by atoms with Gasteiger partial charge in [-0.1, -0.05) is 55.3 Å². The molecular formula is C32H30ClIN2O5. The molecule has 1 aromatic heterocycles. The maximum absolute atomic E-state index is 13.4. The van der Waals surface area contributed by atoms with E-state index < -0.39 is 17.9 Å². The number of carboxylic acids is 1. The van der Waals surface area contributed by atoms with E-state index in [0.717, 1.165) is 46.9 Å². The molecule has 0 aliphatic carbocycles. The molecule has 0 fully saturated rings. The molecule has 0 bridgehead atoms. The largest absolute Gasteiger partial charge is 0.480 e. The predicted octanol–water partition coefficient (Wildman–Crippen LogP) is 6.66. The van der Waals surface area contributed by atoms with Crippen LogP contribution in [-0.4, -0.2) is 40.4 Å². The van der Waals surface area contributed by atoms with E-state index in [1.807, 2.05) is 36.4 Å². The Bertz CT molecular complexity index is 1630. The quantitative estimate of drug-likeness (QED) is 0.192. The second-order valence-corrected chi connectivity index (χ2v) is 11.8. The summed E-state index contributed by atoms with van der Waals surface area (Å²) in [4.78, 5) is 40.5. The predicted molar refractivity (Wildman–Crippen MR) is 166 cm³/mol. The summed E-state index contributed by atoms with van der Waals surface area (Å²) in [5.41, 5.74) is 5.29. The Morgan fingerprint density at radius 3 is 2.71 bits per heavy atom. The Balaban J connectivity index is 1.32. The smallest absolute Gasteiger partial charge is 0.326 e. The Labute approximate surface area is 257 Å². The van der Waals surface area contributed by atoms with Gasteiger partial charge in [-0.15, -0.1) is 0 Å². The fourth-order valence-electron chi connectivity index (χ4n) is 5.26. The van der Waals surface area contributed by atoms with Crippen LogP contribution >= 0.6 is 34.2 Å². The van der Waals surface area contributed by atoms with Crippen LogP contribution in [0.1, 0.15) is 62.7 Å². The van der Waals surface area contributed by atoms with Gasteiger partial charge < -0.3 is 19.7 Å². The normalized spacial score (nSPS) is 13.6. The fraction of sp³-hybridized carbons (Fsp3) is 0.281. The minimum Gasteiger partial charge on any atom is -0.480 e. The summed E-state index contributed by atoms with van der Waals surface area (Å²) in [6, 6.07) is 15.7. The summed E-state index contributed by atoms with van der Waals surface area (Å²) in [5, 5.41) is 13.8. The van der Waals surface area contributed by atoms with Gasteiger partial charge in [0.2, 0.25) is 0 Å². The Kier molecular flexibility index (Phi) is 8.99. The van der Waals surface area contributed by atoms with Crippen molar-refractivity contribution in [3.05, 3.63) is 103 Å². The van der Waals surface area contributed by atoms with Crippen LogP contribution in [0.2, 0.25) is 5.02 Å². The summed E-state index contributed by atoms with van der Waals surface area (Å²) in [6.45, 7) is 2.96. The lowest BCUT2D eigenvalue weighted by molar-refractivity contribution is -0.139. The highest BCUT2D eigenvalue weighted by Crippen LogP contribution is 2.33. The van der Waals surface area contributed by atoms with Crippen LogP contribution in [0.3, 0.4) is 0 Å². The number of halogens is 2. The molecule has 2 N–H and O–H groups in total. The number of fused-ring (bicyclic) bond motifs is 2. The van der Waals surface area contributed by atoms with Crippen molar-refractivity contribution in [2.24, 2.45) is 0 Å². The molecule has 1 atom stereocenters. The van der Waals surface area contributed by atoms with E-state index in [1.165, 1.54) is 0 Å². The molecule has 2 amide bonds. The number of hydrogen-bond acceptors (Lipinski definition) is 4. The summed E-state index contributed by atoms with van der Waals surface area (Å²) in [7, 11) is 0. The highest BCUT2D eigenvalue weighted by Gasteiger charge is 2.29. The number of unbranched alkanes of at least 4 members (excludes halogenated alkanes) is 1. The molecule has 1 aliphatic heterocycles. The van der Waals surface area contributed by atoms with Crippen LogP contribution in [0, 0.1) is 3.57 Å². The number of carboxylic acid groups (broad SMARTS) is 1. The number of rotatable bonds is 9. The molecule has 0 saturated heterocycles. The zero-order valence-corrected chi connectivity index (χ0v) is 25.5.